The number of carbonyl (C=O) groups excluding carboxylic acids is 3. The average molecular weight is 392 g/mol. The van der Waals surface area contributed by atoms with Crippen molar-refractivity contribution in [1.29, 1.82) is 0 Å². The second kappa shape index (κ2) is 11.9. The van der Waals surface area contributed by atoms with Crippen LogP contribution < -0.4 is 0 Å². The monoisotopic (exact) mass is 392 g/mol. The third-order valence-electron chi connectivity index (χ3n) is 4.40. The number of aryl methyl sites for hydroxylation is 2. The van der Waals surface area contributed by atoms with Gasteiger partial charge in [-0.05, 0) is 57.6 Å². The predicted octanol–water partition coefficient (Wildman–Crippen LogP) is 2.58. The molecule has 0 aliphatic rings. The van der Waals surface area contributed by atoms with Crippen LogP contribution in [0.3, 0.4) is 0 Å². The summed E-state index contributed by atoms with van der Waals surface area (Å²) in [6, 6.07) is 7.45. The molecule has 1 unspecified atom stereocenters. The summed E-state index contributed by atoms with van der Waals surface area (Å²) in [7, 11) is 0. The summed E-state index contributed by atoms with van der Waals surface area (Å²) >= 11 is 0. The number of Topliss-reactive ketones (excluding diaryl/α,β-unsaturated/α-hetero) is 1. The number of rotatable bonds is 12. The zero-order valence-corrected chi connectivity index (χ0v) is 16.6. The van der Waals surface area contributed by atoms with E-state index in [1.54, 1.807) is 13.8 Å². The zero-order valence-electron chi connectivity index (χ0n) is 16.6. The molecule has 0 spiro atoms. The van der Waals surface area contributed by atoms with Gasteiger partial charge in [0, 0.05) is 0 Å². The third kappa shape index (κ3) is 7.50. The molecule has 0 fully saturated rings. The Hall–Kier alpha value is -2.70. The molecule has 0 aromatic heterocycles. The summed E-state index contributed by atoms with van der Waals surface area (Å²) in [6.45, 7) is 5.03. The van der Waals surface area contributed by atoms with Crippen molar-refractivity contribution in [1.82, 2.24) is 0 Å². The lowest BCUT2D eigenvalue weighted by Crippen LogP contribution is -2.28. The minimum Gasteiger partial charge on any atom is -0.481 e. The number of ether oxygens (including phenoxy) is 2. The molecule has 7 nitrogen and oxygen atoms in total. The number of hydrogen-bond acceptors (Lipinski definition) is 6. The quantitative estimate of drug-likeness (QED) is 0.430. The van der Waals surface area contributed by atoms with Crippen LogP contribution in [0.1, 0.15) is 44.7 Å². The van der Waals surface area contributed by atoms with Gasteiger partial charge >= 0.3 is 17.9 Å². The first-order valence-electron chi connectivity index (χ1n) is 9.44. The minimum absolute atomic E-state index is 0.195. The van der Waals surface area contributed by atoms with E-state index < -0.39 is 29.7 Å². The van der Waals surface area contributed by atoms with Crippen molar-refractivity contribution in [2.45, 2.75) is 46.5 Å². The molecule has 0 amide bonds. The Morgan fingerprint density at radius 1 is 0.821 bits per heavy atom. The van der Waals surface area contributed by atoms with Crippen LogP contribution in [0.5, 0.6) is 0 Å². The summed E-state index contributed by atoms with van der Waals surface area (Å²) in [5, 5.41) is 9.06. The van der Waals surface area contributed by atoms with Crippen LogP contribution in [0.15, 0.2) is 24.3 Å². The van der Waals surface area contributed by atoms with Crippen molar-refractivity contribution in [3.05, 3.63) is 35.4 Å². The largest absolute Gasteiger partial charge is 0.481 e. The van der Waals surface area contributed by atoms with Gasteiger partial charge in [0.15, 0.2) is 5.92 Å². The highest BCUT2D eigenvalue weighted by Gasteiger charge is 2.29. The maximum absolute atomic E-state index is 12.0. The molecule has 1 rings (SSSR count). The Morgan fingerprint density at radius 2 is 1.21 bits per heavy atom. The smallest absolute Gasteiger partial charge is 0.320 e. The van der Waals surface area contributed by atoms with Gasteiger partial charge < -0.3 is 14.6 Å². The topological polar surface area (TPSA) is 107 Å². The fraction of sp³-hybridized carbons (Fsp3) is 0.524. The van der Waals surface area contributed by atoms with E-state index in [4.69, 9.17) is 14.6 Å². The normalized spacial score (nSPS) is 11.7. The molecule has 0 aliphatic heterocycles. The standard InChI is InChI=1S/C21H28O7/c1-4-27-20(25)18(21(26)28-5-2)13-11-16-8-6-15(7-9-16)10-12-17(14(3)22)19(23)24/h6-9,17-18H,4-5,10-13H2,1-3H3,(H,23,24). The Bertz CT molecular complexity index is 646. The summed E-state index contributed by atoms with van der Waals surface area (Å²) in [6.07, 6.45) is 1.50. The first-order chi connectivity index (χ1) is 13.3. The highest BCUT2D eigenvalue weighted by molar-refractivity contribution is 5.96. The number of ketones is 1. The summed E-state index contributed by atoms with van der Waals surface area (Å²) in [5.74, 6) is -4.56. The predicted molar refractivity (Wildman–Crippen MR) is 102 cm³/mol. The van der Waals surface area contributed by atoms with Gasteiger partial charge in [-0.2, -0.15) is 0 Å². The molecule has 0 radical (unpaired) electrons. The van der Waals surface area contributed by atoms with Crippen molar-refractivity contribution < 1.29 is 33.8 Å². The molecule has 0 bridgehead atoms. The second-order valence-corrected chi connectivity index (χ2v) is 6.45. The van der Waals surface area contributed by atoms with E-state index in [-0.39, 0.29) is 31.8 Å². The number of aliphatic carboxylic acids is 1. The van der Waals surface area contributed by atoms with Crippen LogP contribution in [-0.2, 0) is 41.5 Å². The number of carboxylic acid groups (broad SMARTS) is 1. The lowest BCUT2D eigenvalue weighted by molar-refractivity contribution is -0.162. The molecule has 1 atom stereocenters. The molecule has 0 aliphatic carbocycles. The Kier molecular flexibility index (Phi) is 9.92. The van der Waals surface area contributed by atoms with Gasteiger partial charge in [-0.15, -0.1) is 0 Å². The van der Waals surface area contributed by atoms with E-state index in [0.29, 0.717) is 12.8 Å². The van der Waals surface area contributed by atoms with Crippen LogP contribution in [0.4, 0.5) is 0 Å². The van der Waals surface area contributed by atoms with E-state index >= 15 is 0 Å². The van der Waals surface area contributed by atoms with Gasteiger partial charge in [0.2, 0.25) is 0 Å². The Morgan fingerprint density at radius 3 is 1.54 bits per heavy atom. The first kappa shape index (κ1) is 23.3. The van der Waals surface area contributed by atoms with Crippen LogP contribution in [0.25, 0.3) is 0 Å². The van der Waals surface area contributed by atoms with E-state index in [1.807, 2.05) is 24.3 Å². The maximum Gasteiger partial charge on any atom is 0.320 e. The zero-order chi connectivity index (χ0) is 21.1. The molecule has 0 saturated carbocycles. The number of hydrogen-bond donors (Lipinski definition) is 1. The van der Waals surface area contributed by atoms with E-state index in [9.17, 15) is 19.2 Å². The molecule has 1 aromatic carbocycles. The first-order valence-corrected chi connectivity index (χ1v) is 9.44. The molecular formula is C21H28O7. The molecule has 28 heavy (non-hydrogen) atoms. The molecule has 1 N–H and O–H groups in total. The molecule has 1 aromatic rings. The van der Waals surface area contributed by atoms with E-state index in [2.05, 4.69) is 0 Å². The van der Waals surface area contributed by atoms with Gasteiger partial charge in [-0.3, -0.25) is 19.2 Å². The van der Waals surface area contributed by atoms with Gasteiger partial charge in [-0.25, -0.2) is 0 Å². The number of carbonyl (C=O) groups is 4. The SMILES string of the molecule is CCOC(=O)C(CCc1ccc(CCC(C(C)=O)C(=O)O)cc1)C(=O)OCC. The molecule has 154 valence electrons. The molecule has 0 heterocycles. The Balaban J connectivity index is 2.67. The van der Waals surface area contributed by atoms with Crippen molar-refractivity contribution >= 4 is 23.7 Å². The summed E-state index contributed by atoms with van der Waals surface area (Å²) in [4.78, 5) is 46.4. The average Bonchev–Trinajstić information content (AvgIpc) is 2.63. The van der Waals surface area contributed by atoms with Gasteiger partial charge in [0.05, 0.1) is 13.2 Å². The molecular weight excluding hydrogens is 364 g/mol. The number of esters is 2. The number of carboxylic acids is 1. The Labute approximate surface area is 165 Å². The molecule has 0 saturated heterocycles. The van der Waals surface area contributed by atoms with Crippen LogP contribution in [-0.4, -0.2) is 42.0 Å². The number of benzene rings is 1. The van der Waals surface area contributed by atoms with E-state index in [0.717, 1.165) is 11.1 Å². The van der Waals surface area contributed by atoms with Crippen molar-refractivity contribution in [2.75, 3.05) is 13.2 Å². The van der Waals surface area contributed by atoms with Crippen LogP contribution >= 0.6 is 0 Å². The molecule has 7 heteroatoms. The van der Waals surface area contributed by atoms with Crippen molar-refractivity contribution in [3.8, 4) is 0 Å². The van der Waals surface area contributed by atoms with Gasteiger partial charge in [0.1, 0.15) is 11.7 Å². The maximum atomic E-state index is 12.0. The summed E-state index contributed by atoms with van der Waals surface area (Å²) < 4.78 is 9.91. The van der Waals surface area contributed by atoms with Crippen LogP contribution in [0.2, 0.25) is 0 Å². The lowest BCUT2D eigenvalue weighted by atomic mass is 9.95. The lowest BCUT2D eigenvalue weighted by Gasteiger charge is -2.14. The fourth-order valence-electron chi connectivity index (χ4n) is 2.81. The summed E-state index contributed by atoms with van der Waals surface area (Å²) in [5.41, 5.74) is 1.85. The highest BCUT2D eigenvalue weighted by Crippen LogP contribution is 2.17. The van der Waals surface area contributed by atoms with E-state index in [1.165, 1.54) is 6.92 Å². The van der Waals surface area contributed by atoms with Gasteiger partial charge in [-0.1, -0.05) is 24.3 Å². The van der Waals surface area contributed by atoms with Crippen LogP contribution in [0, 0.1) is 11.8 Å². The third-order valence-corrected chi connectivity index (χ3v) is 4.40. The fourth-order valence-corrected chi connectivity index (χ4v) is 2.81. The minimum atomic E-state index is -1.10. The van der Waals surface area contributed by atoms with Gasteiger partial charge in [0.25, 0.3) is 0 Å². The van der Waals surface area contributed by atoms with Crippen molar-refractivity contribution in [3.63, 3.8) is 0 Å². The second-order valence-electron chi connectivity index (χ2n) is 6.45. The highest BCUT2D eigenvalue weighted by atomic mass is 16.6. The van der Waals surface area contributed by atoms with Crippen molar-refractivity contribution in [2.24, 2.45) is 11.8 Å².